The third kappa shape index (κ3) is 10.1. The fraction of sp³-hybridized carbons (Fsp3) is 1.00. The van der Waals surface area contributed by atoms with E-state index in [1.54, 1.807) is 0 Å². The molecular formula is C10H28O4Si3. The van der Waals surface area contributed by atoms with E-state index in [4.69, 9.17) is 13.3 Å². The van der Waals surface area contributed by atoms with Gasteiger partial charge in [0.15, 0.2) is 25.0 Å². The third-order valence-electron chi connectivity index (χ3n) is 1.31. The van der Waals surface area contributed by atoms with Crippen molar-refractivity contribution >= 4 is 25.0 Å². The molecule has 0 saturated heterocycles. The van der Waals surface area contributed by atoms with Crippen LogP contribution in [0.4, 0.5) is 0 Å². The molecule has 1 N–H and O–H groups in total. The van der Waals surface area contributed by atoms with Crippen LogP contribution in [-0.2, 0) is 13.3 Å². The average Bonchev–Trinajstić information content (AvgIpc) is 1.65. The van der Waals surface area contributed by atoms with Gasteiger partial charge in [0.05, 0.1) is 0 Å². The predicted molar refractivity (Wildman–Crippen MR) is 78.2 cm³/mol. The molecule has 0 aromatic carbocycles. The van der Waals surface area contributed by atoms with Crippen LogP contribution in [0.25, 0.3) is 0 Å². The lowest BCUT2D eigenvalue weighted by Crippen LogP contribution is -2.55. The largest absolute Gasteiger partial charge is 0.380 e. The van der Waals surface area contributed by atoms with Gasteiger partial charge in [-0.15, -0.1) is 0 Å². The van der Waals surface area contributed by atoms with E-state index in [-0.39, 0.29) is 0 Å². The van der Waals surface area contributed by atoms with E-state index < -0.39 is 31.1 Å². The van der Waals surface area contributed by atoms with E-state index in [1.165, 1.54) is 0 Å². The fourth-order valence-corrected chi connectivity index (χ4v) is 4.04. The maximum Gasteiger partial charge on any atom is 0.380 e. The molecule has 104 valence electrons. The van der Waals surface area contributed by atoms with Gasteiger partial charge in [-0.25, -0.2) is 0 Å². The van der Waals surface area contributed by atoms with Crippen LogP contribution in [0.5, 0.6) is 0 Å². The Kier molecular flexibility index (Phi) is 5.39. The zero-order valence-corrected chi connectivity index (χ0v) is 15.7. The van der Waals surface area contributed by atoms with Crippen molar-refractivity contribution in [3.05, 3.63) is 0 Å². The Morgan fingerprint density at radius 3 is 0.882 bits per heavy atom. The Morgan fingerprint density at radius 1 is 0.588 bits per heavy atom. The number of hydrogen-bond acceptors (Lipinski definition) is 4. The topological polar surface area (TPSA) is 47.9 Å². The van der Waals surface area contributed by atoms with Crippen molar-refractivity contribution in [1.82, 2.24) is 0 Å². The zero-order valence-electron chi connectivity index (χ0n) is 12.7. The molecule has 17 heavy (non-hydrogen) atoms. The molecule has 0 fully saturated rings. The monoisotopic (exact) mass is 296 g/mol. The summed E-state index contributed by atoms with van der Waals surface area (Å²) in [6.45, 7) is 18.0. The second-order valence-electron chi connectivity index (χ2n) is 7.17. The zero-order chi connectivity index (χ0) is 14.1. The summed E-state index contributed by atoms with van der Waals surface area (Å²) in [5.41, 5.74) is 0. The summed E-state index contributed by atoms with van der Waals surface area (Å²) in [6, 6.07) is 0. The van der Waals surface area contributed by atoms with Gasteiger partial charge in [-0.05, 0) is 58.9 Å². The molecule has 0 aliphatic heterocycles. The van der Waals surface area contributed by atoms with Crippen molar-refractivity contribution in [1.29, 1.82) is 0 Å². The van der Waals surface area contributed by atoms with E-state index in [0.717, 1.165) is 0 Å². The standard InChI is InChI=1S/C10H28O4Si3/c1-15(2,3)12-10(11,13-16(4,5)6)14-17(7,8)9/h11H,1-9H3. The maximum atomic E-state index is 10.5. The Morgan fingerprint density at radius 2 is 0.765 bits per heavy atom. The minimum atomic E-state index is -1.95. The van der Waals surface area contributed by atoms with Crippen LogP contribution >= 0.6 is 0 Å². The first-order valence-corrected chi connectivity index (χ1v) is 16.2. The van der Waals surface area contributed by atoms with Crippen molar-refractivity contribution in [2.24, 2.45) is 0 Å². The first-order chi connectivity index (χ1) is 7.12. The fourth-order valence-electron chi connectivity index (χ4n) is 1.22. The molecule has 0 aromatic rings. The van der Waals surface area contributed by atoms with Gasteiger partial charge >= 0.3 is 6.16 Å². The lowest BCUT2D eigenvalue weighted by molar-refractivity contribution is -0.400. The van der Waals surface area contributed by atoms with Gasteiger partial charge in [-0.2, -0.15) is 0 Å². The number of hydrogen-bond donors (Lipinski definition) is 1. The number of rotatable bonds is 6. The Bertz CT molecular complexity index is 209. The Hall–Kier alpha value is 0.491. The lowest BCUT2D eigenvalue weighted by Gasteiger charge is -2.40. The summed E-state index contributed by atoms with van der Waals surface area (Å²) in [5.74, 6) is 0. The molecule has 7 heteroatoms. The van der Waals surface area contributed by atoms with Crippen LogP contribution in [-0.4, -0.2) is 36.2 Å². The summed E-state index contributed by atoms with van der Waals surface area (Å²) >= 11 is 0. The van der Waals surface area contributed by atoms with Gasteiger partial charge in [0.25, 0.3) is 0 Å². The van der Waals surface area contributed by atoms with Gasteiger partial charge in [-0.1, -0.05) is 0 Å². The van der Waals surface area contributed by atoms with Crippen LogP contribution in [0.2, 0.25) is 58.9 Å². The van der Waals surface area contributed by atoms with Crippen molar-refractivity contribution < 1.29 is 18.4 Å². The van der Waals surface area contributed by atoms with Gasteiger partial charge < -0.3 is 18.4 Å². The minimum Gasteiger partial charge on any atom is -0.348 e. The molecule has 0 aliphatic carbocycles. The molecule has 0 radical (unpaired) electrons. The highest BCUT2D eigenvalue weighted by atomic mass is 28.4. The number of aliphatic hydroxyl groups is 1. The molecule has 0 rings (SSSR count). The highest BCUT2D eigenvalue weighted by molar-refractivity contribution is 6.72. The summed E-state index contributed by atoms with van der Waals surface area (Å²) in [4.78, 5) is 0. The van der Waals surface area contributed by atoms with Crippen LogP contribution < -0.4 is 0 Å². The van der Waals surface area contributed by atoms with Crippen LogP contribution in [0, 0.1) is 0 Å². The van der Waals surface area contributed by atoms with E-state index in [2.05, 4.69) is 0 Å². The first-order valence-electron chi connectivity index (χ1n) is 5.95. The molecule has 0 aromatic heterocycles. The molecule has 0 unspecified atom stereocenters. The molecule has 0 bridgehead atoms. The lowest BCUT2D eigenvalue weighted by atomic mass is 11.2. The highest BCUT2D eigenvalue weighted by Crippen LogP contribution is 2.26. The van der Waals surface area contributed by atoms with Gasteiger partial charge in [-0.3, -0.25) is 0 Å². The average molecular weight is 297 g/mol. The normalized spacial score (nSPS) is 15.2. The SMILES string of the molecule is C[Si](C)(C)OC(O)(O[Si](C)(C)C)O[Si](C)(C)C. The van der Waals surface area contributed by atoms with Gasteiger partial charge in [0.1, 0.15) is 0 Å². The van der Waals surface area contributed by atoms with Gasteiger partial charge in [0, 0.05) is 0 Å². The molecule has 0 heterocycles. The smallest absolute Gasteiger partial charge is 0.348 e. The summed E-state index contributed by atoms with van der Waals surface area (Å²) in [5, 5.41) is 10.5. The molecule has 0 atom stereocenters. The molecule has 0 aliphatic rings. The molecule has 0 amide bonds. The van der Waals surface area contributed by atoms with Crippen molar-refractivity contribution in [3.63, 3.8) is 0 Å². The minimum absolute atomic E-state index is 1.86. The molecule has 0 spiro atoms. The van der Waals surface area contributed by atoms with Crippen LogP contribution in [0.3, 0.4) is 0 Å². The molecular weight excluding hydrogens is 268 g/mol. The van der Waals surface area contributed by atoms with Crippen molar-refractivity contribution in [3.8, 4) is 0 Å². The predicted octanol–water partition coefficient (Wildman–Crippen LogP) is 3.14. The Labute approximate surface area is 109 Å². The van der Waals surface area contributed by atoms with Crippen molar-refractivity contribution in [2.45, 2.75) is 65.1 Å². The van der Waals surface area contributed by atoms with Crippen molar-refractivity contribution in [2.75, 3.05) is 0 Å². The van der Waals surface area contributed by atoms with E-state index >= 15 is 0 Å². The highest BCUT2D eigenvalue weighted by Gasteiger charge is 2.43. The summed E-state index contributed by atoms with van der Waals surface area (Å²) in [7, 11) is -5.84. The molecule has 4 nitrogen and oxygen atoms in total. The van der Waals surface area contributed by atoms with E-state index in [9.17, 15) is 5.11 Å². The third-order valence-corrected chi connectivity index (χ3v) is 3.92. The van der Waals surface area contributed by atoms with Gasteiger partial charge in [0.2, 0.25) is 0 Å². The van der Waals surface area contributed by atoms with Crippen LogP contribution in [0.1, 0.15) is 0 Å². The summed E-state index contributed by atoms with van der Waals surface area (Å²) < 4.78 is 17.1. The van der Waals surface area contributed by atoms with E-state index in [1.807, 2.05) is 58.9 Å². The summed E-state index contributed by atoms with van der Waals surface area (Å²) in [6.07, 6.45) is -1.86. The first kappa shape index (κ1) is 17.5. The van der Waals surface area contributed by atoms with E-state index in [0.29, 0.717) is 0 Å². The maximum absolute atomic E-state index is 10.5. The Balaban J connectivity index is 4.95. The van der Waals surface area contributed by atoms with Crippen LogP contribution in [0.15, 0.2) is 0 Å². The molecule has 0 saturated carbocycles. The second kappa shape index (κ2) is 5.24. The quantitative estimate of drug-likeness (QED) is 0.604. The second-order valence-corrected chi connectivity index (χ2v) is 20.5.